The molecule has 86 valence electrons. The van der Waals surface area contributed by atoms with Gasteiger partial charge >= 0.3 is 13.3 Å². The van der Waals surface area contributed by atoms with Crippen LogP contribution in [-0.2, 0) is 6.18 Å². The molecule has 0 spiro atoms. The average Bonchev–Trinajstić information content (AvgIpc) is 2.98. The van der Waals surface area contributed by atoms with Gasteiger partial charge in [-0.2, -0.15) is 13.2 Å². The molecular weight excluding hydrogens is 220 g/mol. The minimum Gasteiger partial charge on any atom is -0.423 e. The van der Waals surface area contributed by atoms with E-state index in [-0.39, 0.29) is 16.9 Å². The highest BCUT2D eigenvalue weighted by Crippen LogP contribution is 2.45. The molecule has 0 aliphatic heterocycles. The van der Waals surface area contributed by atoms with Crippen LogP contribution in [0.25, 0.3) is 0 Å². The average molecular weight is 230 g/mol. The molecule has 1 aliphatic rings. The number of alkyl halides is 3. The van der Waals surface area contributed by atoms with Crippen molar-refractivity contribution in [1.29, 1.82) is 0 Å². The van der Waals surface area contributed by atoms with Crippen molar-refractivity contribution in [2.75, 3.05) is 0 Å². The third-order valence-corrected chi connectivity index (χ3v) is 2.70. The van der Waals surface area contributed by atoms with Gasteiger partial charge in [0.25, 0.3) is 0 Å². The first-order chi connectivity index (χ1) is 7.39. The van der Waals surface area contributed by atoms with Crippen molar-refractivity contribution in [1.82, 2.24) is 0 Å². The van der Waals surface area contributed by atoms with Gasteiger partial charge in [-0.15, -0.1) is 0 Å². The Morgan fingerprint density at radius 2 is 1.81 bits per heavy atom. The van der Waals surface area contributed by atoms with Crippen molar-refractivity contribution in [3.8, 4) is 0 Å². The van der Waals surface area contributed by atoms with Crippen molar-refractivity contribution in [2.45, 2.75) is 24.9 Å². The highest BCUT2D eigenvalue weighted by atomic mass is 19.4. The van der Waals surface area contributed by atoms with E-state index in [1.54, 1.807) is 0 Å². The van der Waals surface area contributed by atoms with Gasteiger partial charge in [-0.1, -0.05) is 18.2 Å². The predicted octanol–water partition coefficient (Wildman–Crippen LogP) is 1.26. The van der Waals surface area contributed by atoms with E-state index in [1.165, 1.54) is 6.07 Å². The fourth-order valence-corrected chi connectivity index (χ4v) is 1.73. The number of hydrogen-bond acceptors (Lipinski definition) is 2. The topological polar surface area (TPSA) is 40.5 Å². The molecule has 2 nitrogen and oxygen atoms in total. The van der Waals surface area contributed by atoms with Crippen LogP contribution < -0.4 is 5.46 Å². The van der Waals surface area contributed by atoms with Gasteiger partial charge in [0, 0.05) is 0 Å². The van der Waals surface area contributed by atoms with E-state index in [4.69, 9.17) is 10.0 Å². The Bertz CT molecular complexity index is 400. The van der Waals surface area contributed by atoms with Crippen LogP contribution in [0.3, 0.4) is 0 Å². The van der Waals surface area contributed by atoms with Crippen LogP contribution in [0.1, 0.15) is 29.9 Å². The molecular formula is C10H10BF3O2. The summed E-state index contributed by atoms with van der Waals surface area (Å²) >= 11 is 0. The van der Waals surface area contributed by atoms with E-state index in [2.05, 4.69) is 0 Å². The fourth-order valence-electron chi connectivity index (χ4n) is 1.73. The highest BCUT2D eigenvalue weighted by molar-refractivity contribution is 6.58. The van der Waals surface area contributed by atoms with Crippen LogP contribution in [0, 0.1) is 0 Å². The molecule has 0 aromatic heterocycles. The molecule has 1 aliphatic carbocycles. The quantitative estimate of drug-likeness (QED) is 0.751. The molecule has 16 heavy (non-hydrogen) atoms. The largest absolute Gasteiger partial charge is 0.488 e. The van der Waals surface area contributed by atoms with Gasteiger partial charge in [-0.05, 0) is 29.8 Å². The third kappa shape index (κ3) is 2.22. The van der Waals surface area contributed by atoms with Gasteiger partial charge in [-0.25, -0.2) is 0 Å². The number of hydrogen-bond donors (Lipinski definition) is 2. The summed E-state index contributed by atoms with van der Waals surface area (Å²) in [6.07, 6.45) is -2.92. The molecule has 0 radical (unpaired) electrons. The number of rotatable bonds is 2. The second-order valence-electron chi connectivity index (χ2n) is 3.99. The summed E-state index contributed by atoms with van der Waals surface area (Å²) in [6, 6.07) is 3.26. The maximum atomic E-state index is 12.6. The van der Waals surface area contributed by atoms with Gasteiger partial charge in [0.1, 0.15) is 0 Å². The summed E-state index contributed by atoms with van der Waals surface area (Å²) in [4.78, 5) is 0. The van der Waals surface area contributed by atoms with Crippen LogP contribution in [-0.4, -0.2) is 17.2 Å². The van der Waals surface area contributed by atoms with Gasteiger partial charge < -0.3 is 10.0 Å². The first kappa shape index (κ1) is 11.5. The molecule has 2 N–H and O–H groups in total. The minimum absolute atomic E-state index is 0.0877. The Hall–Kier alpha value is -1.01. The van der Waals surface area contributed by atoms with Gasteiger partial charge in [0.15, 0.2) is 0 Å². The van der Waals surface area contributed by atoms with Crippen LogP contribution >= 0.6 is 0 Å². The lowest BCUT2D eigenvalue weighted by atomic mass is 9.78. The van der Waals surface area contributed by atoms with Crippen LogP contribution in [0.2, 0.25) is 0 Å². The Morgan fingerprint density at radius 3 is 2.25 bits per heavy atom. The Kier molecular flexibility index (Phi) is 2.71. The maximum absolute atomic E-state index is 12.6. The van der Waals surface area contributed by atoms with E-state index >= 15 is 0 Å². The summed E-state index contributed by atoms with van der Waals surface area (Å²) in [5, 5.41) is 17.8. The molecule has 6 heteroatoms. The van der Waals surface area contributed by atoms with Crippen molar-refractivity contribution in [2.24, 2.45) is 0 Å². The second-order valence-corrected chi connectivity index (χ2v) is 3.99. The third-order valence-electron chi connectivity index (χ3n) is 2.70. The zero-order chi connectivity index (χ0) is 11.9. The Labute approximate surface area is 90.9 Å². The normalized spacial score (nSPS) is 16.3. The van der Waals surface area contributed by atoms with Gasteiger partial charge in [0.2, 0.25) is 0 Å². The zero-order valence-electron chi connectivity index (χ0n) is 8.33. The lowest BCUT2D eigenvalue weighted by molar-refractivity contribution is -0.138. The van der Waals surface area contributed by atoms with E-state index < -0.39 is 18.9 Å². The molecule has 0 atom stereocenters. The number of benzene rings is 1. The van der Waals surface area contributed by atoms with Crippen molar-refractivity contribution < 1.29 is 23.2 Å². The van der Waals surface area contributed by atoms with Crippen LogP contribution in [0.4, 0.5) is 13.2 Å². The summed E-state index contributed by atoms with van der Waals surface area (Å²) in [6.45, 7) is 0. The molecule has 1 fully saturated rings. The van der Waals surface area contributed by atoms with Crippen LogP contribution in [0.15, 0.2) is 18.2 Å². The Balaban J connectivity index is 2.45. The number of halogens is 3. The molecule has 0 saturated heterocycles. The van der Waals surface area contributed by atoms with E-state index in [9.17, 15) is 13.2 Å². The molecule has 0 amide bonds. The summed E-state index contributed by atoms with van der Waals surface area (Å²) in [5.41, 5.74) is -0.382. The first-order valence-corrected chi connectivity index (χ1v) is 4.97. The van der Waals surface area contributed by atoms with E-state index in [0.717, 1.165) is 25.0 Å². The predicted molar refractivity (Wildman–Crippen MR) is 53.2 cm³/mol. The molecule has 0 unspecified atom stereocenters. The molecule has 0 heterocycles. The summed E-state index contributed by atoms with van der Waals surface area (Å²) in [7, 11) is -1.72. The summed E-state index contributed by atoms with van der Waals surface area (Å²) < 4.78 is 37.9. The Morgan fingerprint density at radius 1 is 1.19 bits per heavy atom. The highest BCUT2D eigenvalue weighted by Gasteiger charge is 2.38. The first-order valence-electron chi connectivity index (χ1n) is 4.97. The van der Waals surface area contributed by atoms with Crippen molar-refractivity contribution in [3.63, 3.8) is 0 Å². The SMILES string of the molecule is OB(O)c1ccc(C(F)(F)F)c(C2CC2)c1. The molecule has 1 aromatic rings. The maximum Gasteiger partial charge on any atom is 0.488 e. The lowest BCUT2D eigenvalue weighted by Gasteiger charge is -2.13. The smallest absolute Gasteiger partial charge is 0.423 e. The van der Waals surface area contributed by atoms with Gasteiger partial charge in [0.05, 0.1) is 5.56 Å². The lowest BCUT2D eigenvalue weighted by Crippen LogP contribution is -2.30. The minimum atomic E-state index is -4.38. The van der Waals surface area contributed by atoms with Crippen LogP contribution in [0.5, 0.6) is 0 Å². The van der Waals surface area contributed by atoms with E-state index in [1.807, 2.05) is 0 Å². The van der Waals surface area contributed by atoms with E-state index in [0.29, 0.717) is 0 Å². The fraction of sp³-hybridized carbons (Fsp3) is 0.400. The standard InChI is InChI=1S/C10H10BF3O2/c12-10(13,14)9-4-3-7(11(15)16)5-8(9)6-1-2-6/h3-6,15-16H,1-2H2. The van der Waals surface area contributed by atoms with Crippen molar-refractivity contribution in [3.05, 3.63) is 29.3 Å². The summed E-state index contributed by atoms with van der Waals surface area (Å²) in [5.74, 6) is -0.0877. The molecule has 2 rings (SSSR count). The molecule has 1 aromatic carbocycles. The zero-order valence-corrected chi connectivity index (χ0v) is 8.33. The monoisotopic (exact) mass is 230 g/mol. The van der Waals surface area contributed by atoms with Crippen molar-refractivity contribution >= 4 is 12.6 Å². The molecule has 0 bridgehead atoms. The second kappa shape index (κ2) is 3.78. The molecule has 1 saturated carbocycles. The van der Waals surface area contributed by atoms with Gasteiger partial charge in [-0.3, -0.25) is 0 Å².